The summed E-state index contributed by atoms with van der Waals surface area (Å²) in [6, 6.07) is -0.556. The number of hydrogen-bond acceptors (Lipinski definition) is 14. The molecule has 0 aliphatic carbocycles. The van der Waals surface area contributed by atoms with Crippen LogP contribution in [-0.2, 0) is 4.79 Å². The molecule has 1 heterocycles. The fraction of sp³-hybridized carbons (Fsp3) is 0.639. The largest absolute Gasteiger partial charge is 0.394 e. The first-order valence-electron chi connectivity index (χ1n) is 18.5. The molecule has 5 unspecified atom stereocenters. The molecule has 15 N–H and O–H groups in total. The lowest BCUT2D eigenvalue weighted by molar-refractivity contribution is -0.120. The Bertz CT molecular complexity index is 1370. The molecule has 1 aromatic rings. The second kappa shape index (κ2) is 27.8. The van der Waals surface area contributed by atoms with E-state index in [4.69, 9.17) is 39.6 Å². The van der Waals surface area contributed by atoms with Gasteiger partial charge in [-0.3, -0.25) is 19.9 Å². The summed E-state index contributed by atoms with van der Waals surface area (Å²) in [7, 11) is 0. The van der Waals surface area contributed by atoms with Gasteiger partial charge in [-0.2, -0.15) is 0 Å². The molecule has 18 heteroatoms. The molecule has 2 amide bonds. The smallest absolute Gasteiger partial charge is 0.280 e. The van der Waals surface area contributed by atoms with Gasteiger partial charge in [0.15, 0.2) is 28.4 Å². The number of aliphatic hydroxyl groups is 5. The number of aromatic nitrogens is 2. The van der Waals surface area contributed by atoms with E-state index in [-0.39, 0.29) is 35.0 Å². The second-order valence-corrected chi connectivity index (χ2v) is 13.4. The minimum absolute atomic E-state index is 0.0704. The van der Waals surface area contributed by atoms with Gasteiger partial charge in [-0.1, -0.05) is 75.1 Å². The van der Waals surface area contributed by atoms with Crippen LogP contribution in [0, 0.1) is 0 Å². The summed E-state index contributed by atoms with van der Waals surface area (Å²) >= 11 is 5.82. The highest BCUT2D eigenvalue weighted by molar-refractivity contribution is 6.31. The molecular weight excluding hydrogens is 720 g/mol. The Hall–Kier alpha value is -3.68. The number of nitrogens with one attached hydrogen (secondary N) is 2. The van der Waals surface area contributed by atoms with Gasteiger partial charge in [-0.05, 0) is 70.2 Å². The molecule has 5 atom stereocenters. The normalized spacial score (nSPS) is 15.3. The SMILES string of the molecule is C=C/C=C(\C=C/CCCCCN=C(N)NC(=O)c1nc(Cl)c(N)nc1N)CCC(NCCCN(CCCCCC)CC(O)C(O)C(O)C(O)CO)C(N)=O. The van der Waals surface area contributed by atoms with Gasteiger partial charge >= 0.3 is 0 Å². The van der Waals surface area contributed by atoms with Crippen LogP contribution in [0.3, 0.4) is 0 Å². The van der Waals surface area contributed by atoms with Crippen molar-refractivity contribution >= 4 is 41.0 Å². The first-order chi connectivity index (χ1) is 25.7. The number of hydrogen-bond donors (Lipinski definition) is 11. The van der Waals surface area contributed by atoms with Crippen molar-refractivity contribution in [2.75, 3.05) is 50.8 Å². The minimum Gasteiger partial charge on any atom is -0.394 e. The number of aliphatic hydroxyl groups excluding tert-OH is 5. The first kappa shape index (κ1) is 48.3. The first-order valence-corrected chi connectivity index (χ1v) is 18.9. The molecule has 306 valence electrons. The van der Waals surface area contributed by atoms with E-state index in [1.807, 2.05) is 17.1 Å². The Labute approximate surface area is 323 Å². The molecule has 0 aliphatic heterocycles. The van der Waals surface area contributed by atoms with E-state index in [9.17, 15) is 30.0 Å². The molecule has 1 aromatic heterocycles. The predicted octanol–water partition coefficient (Wildman–Crippen LogP) is 0.500. The number of carbonyl (C=O) groups excluding carboxylic acids is 2. The van der Waals surface area contributed by atoms with E-state index in [2.05, 4.69) is 45.2 Å². The van der Waals surface area contributed by atoms with Crippen LogP contribution in [-0.4, -0.2) is 128 Å². The fourth-order valence-electron chi connectivity index (χ4n) is 5.41. The summed E-state index contributed by atoms with van der Waals surface area (Å²) in [4.78, 5) is 38.3. The standard InChI is InChI=1S/C36H63ClN10O7/c1-3-5-6-12-20-47(22-26(49)29(51)30(52)27(50)23-48)21-13-19-42-25(34(40)53)17-16-24(14-4-2)15-10-8-7-9-11-18-43-36(41)46-35(54)28-32(38)45-33(39)31(37)44-28/h4,10,14-15,25-27,29-30,42,48-52H,2-3,5-9,11-13,16-23H2,1H3,(H2,40,53)(H4,38,39,45)(H3,41,43,46,54)/b15-10-,24-14+. The molecule has 54 heavy (non-hydrogen) atoms. The molecule has 0 bridgehead atoms. The van der Waals surface area contributed by atoms with Crippen molar-refractivity contribution in [2.45, 2.75) is 108 Å². The van der Waals surface area contributed by atoms with Crippen molar-refractivity contribution in [3.05, 3.63) is 47.3 Å². The third-order valence-corrected chi connectivity index (χ3v) is 8.82. The van der Waals surface area contributed by atoms with Gasteiger partial charge in [-0.25, -0.2) is 9.97 Å². The summed E-state index contributed by atoms with van der Waals surface area (Å²) in [5.41, 5.74) is 23.5. The van der Waals surface area contributed by atoms with E-state index in [0.29, 0.717) is 45.4 Å². The fourth-order valence-corrected chi connectivity index (χ4v) is 5.54. The van der Waals surface area contributed by atoms with Gasteiger partial charge in [0, 0.05) is 13.1 Å². The highest BCUT2D eigenvalue weighted by atomic mass is 35.5. The third kappa shape index (κ3) is 19.6. The van der Waals surface area contributed by atoms with Crippen LogP contribution in [0.1, 0.15) is 88.0 Å². The molecule has 0 radical (unpaired) electrons. The highest BCUT2D eigenvalue weighted by Gasteiger charge is 2.31. The number of guanidine groups is 1. The maximum atomic E-state index is 12.3. The zero-order chi connectivity index (χ0) is 40.5. The van der Waals surface area contributed by atoms with E-state index in [1.54, 1.807) is 6.08 Å². The van der Waals surface area contributed by atoms with Crippen molar-refractivity contribution in [1.82, 2.24) is 25.5 Å². The van der Waals surface area contributed by atoms with Crippen molar-refractivity contribution in [2.24, 2.45) is 16.5 Å². The maximum Gasteiger partial charge on any atom is 0.280 e. The van der Waals surface area contributed by atoms with Crippen LogP contribution in [0.25, 0.3) is 0 Å². The predicted molar refractivity (Wildman–Crippen MR) is 212 cm³/mol. The van der Waals surface area contributed by atoms with Gasteiger partial charge in [-0.15, -0.1) is 0 Å². The molecule has 0 fully saturated rings. The number of nitrogens with zero attached hydrogens (tertiary/aromatic N) is 4. The Kier molecular flexibility index (Phi) is 24.9. The molecule has 0 saturated heterocycles. The minimum atomic E-state index is -1.68. The molecule has 1 rings (SSSR count). The topological polar surface area (TPSA) is 305 Å². The number of nitrogen functional groups attached to an aromatic ring is 2. The highest BCUT2D eigenvalue weighted by Crippen LogP contribution is 2.17. The van der Waals surface area contributed by atoms with E-state index in [1.165, 1.54) is 0 Å². The van der Waals surface area contributed by atoms with Gasteiger partial charge in [0.25, 0.3) is 5.91 Å². The molecule has 0 aliphatic rings. The molecule has 0 saturated carbocycles. The van der Waals surface area contributed by atoms with E-state index < -0.39 is 48.9 Å². The summed E-state index contributed by atoms with van der Waals surface area (Å²) in [5, 5.41) is 55.0. The zero-order valence-electron chi connectivity index (χ0n) is 31.5. The lowest BCUT2D eigenvalue weighted by Gasteiger charge is -2.30. The van der Waals surface area contributed by atoms with E-state index >= 15 is 0 Å². The van der Waals surface area contributed by atoms with Crippen LogP contribution < -0.4 is 33.6 Å². The molecule has 0 spiro atoms. The number of allylic oxidation sites excluding steroid dienone is 5. The quantitative estimate of drug-likeness (QED) is 0.0228. The number of rotatable bonds is 29. The third-order valence-electron chi connectivity index (χ3n) is 8.54. The summed E-state index contributed by atoms with van der Waals surface area (Å²) in [6.45, 7) is 7.36. The van der Waals surface area contributed by atoms with Gasteiger partial charge in [0.1, 0.15) is 18.3 Å². The number of halogens is 1. The Morgan fingerprint density at radius 1 is 0.963 bits per heavy atom. The number of amides is 2. The van der Waals surface area contributed by atoms with Crippen LogP contribution in [0.4, 0.5) is 11.6 Å². The van der Waals surface area contributed by atoms with Crippen molar-refractivity contribution in [3.63, 3.8) is 0 Å². The summed E-state index contributed by atoms with van der Waals surface area (Å²) in [5.74, 6) is -1.50. The monoisotopic (exact) mass is 782 g/mol. The van der Waals surface area contributed by atoms with Crippen LogP contribution in [0.5, 0.6) is 0 Å². The Morgan fingerprint density at radius 3 is 2.31 bits per heavy atom. The molecule has 0 aromatic carbocycles. The van der Waals surface area contributed by atoms with Crippen molar-refractivity contribution in [1.29, 1.82) is 0 Å². The number of primary amides is 1. The summed E-state index contributed by atoms with van der Waals surface area (Å²) < 4.78 is 0. The number of nitrogens with two attached hydrogens (primary N) is 4. The lowest BCUT2D eigenvalue weighted by atomic mass is 10.0. The van der Waals surface area contributed by atoms with Gasteiger partial charge in [0.05, 0.1) is 18.8 Å². The lowest BCUT2D eigenvalue weighted by Crippen LogP contribution is -2.50. The average molecular weight is 783 g/mol. The Balaban J connectivity index is 2.52. The number of unbranched alkanes of at least 4 members (excludes halogenated alkanes) is 6. The number of aliphatic imine (C=N–C) groups is 1. The van der Waals surface area contributed by atoms with Crippen LogP contribution >= 0.6 is 11.6 Å². The van der Waals surface area contributed by atoms with Crippen molar-refractivity contribution < 1.29 is 35.1 Å². The molecular formula is C36H63ClN10O7. The Morgan fingerprint density at radius 2 is 1.65 bits per heavy atom. The maximum absolute atomic E-state index is 12.3. The summed E-state index contributed by atoms with van der Waals surface area (Å²) in [6.07, 6.45) is 10.6. The number of carbonyl (C=O) groups is 2. The van der Waals surface area contributed by atoms with Crippen molar-refractivity contribution in [3.8, 4) is 0 Å². The van der Waals surface area contributed by atoms with Gasteiger partial charge in [0.2, 0.25) is 5.91 Å². The molecule has 17 nitrogen and oxygen atoms in total. The second-order valence-electron chi connectivity index (χ2n) is 13.0. The zero-order valence-corrected chi connectivity index (χ0v) is 32.2. The van der Waals surface area contributed by atoms with Crippen LogP contribution in [0.2, 0.25) is 5.15 Å². The number of anilines is 2. The van der Waals surface area contributed by atoms with Gasteiger partial charge < -0.3 is 58.7 Å². The average Bonchev–Trinajstić information content (AvgIpc) is 3.13. The van der Waals surface area contributed by atoms with Crippen LogP contribution in [0.15, 0.2) is 41.4 Å². The van der Waals surface area contributed by atoms with E-state index in [0.717, 1.165) is 56.9 Å².